The molecule has 2 N–H and O–H groups in total. The second-order valence-electron chi connectivity index (χ2n) is 6.22. The molecule has 0 fully saturated rings. The van der Waals surface area contributed by atoms with E-state index in [-0.39, 0.29) is 5.91 Å². The summed E-state index contributed by atoms with van der Waals surface area (Å²) in [4.78, 5) is 10.5. The lowest BCUT2D eigenvalue weighted by Crippen LogP contribution is -2.04. The van der Waals surface area contributed by atoms with Gasteiger partial charge in [0, 0.05) is 6.08 Å². The summed E-state index contributed by atoms with van der Waals surface area (Å²) in [5, 5.41) is 0. The van der Waals surface area contributed by atoms with Crippen molar-refractivity contribution in [3.8, 4) is 0 Å². The second-order valence-corrected chi connectivity index (χ2v) is 6.22. The third-order valence-electron chi connectivity index (χ3n) is 3.98. The molecule has 0 spiro atoms. The van der Waals surface area contributed by atoms with Crippen molar-refractivity contribution in [1.29, 1.82) is 0 Å². The molecular weight excluding hydrogens is 270 g/mol. The highest BCUT2D eigenvalue weighted by Crippen LogP contribution is 2.12. The zero-order chi connectivity index (χ0) is 16.3. The molecule has 0 aromatic rings. The third kappa shape index (κ3) is 18.9. The summed E-state index contributed by atoms with van der Waals surface area (Å²) >= 11 is 0. The Hall–Kier alpha value is -1.05. The number of nitrogens with two attached hydrogens (primary N) is 1. The lowest BCUT2D eigenvalue weighted by Gasteiger charge is -2.02. The number of amides is 1. The van der Waals surface area contributed by atoms with Gasteiger partial charge in [-0.25, -0.2) is 0 Å². The van der Waals surface area contributed by atoms with Gasteiger partial charge in [0.1, 0.15) is 0 Å². The van der Waals surface area contributed by atoms with E-state index in [2.05, 4.69) is 13.0 Å². The van der Waals surface area contributed by atoms with E-state index in [1.807, 2.05) is 6.08 Å². The van der Waals surface area contributed by atoms with Gasteiger partial charge >= 0.3 is 0 Å². The number of carbonyl (C=O) groups excluding carboxylic acids is 1. The van der Waals surface area contributed by atoms with Crippen molar-refractivity contribution in [2.75, 3.05) is 0 Å². The fourth-order valence-electron chi connectivity index (χ4n) is 2.61. The smallest absolute Gasteiger partial charge is 0.241 e. The molecule has 22 heavy (non-hydrogen) atoms. The van der Waals surface area contributed by atoms with E-state index in [0.717, 1.165) is 6.42 Å². The van der Waals surface area contributed by atoms with Crippen molar-refractivity contribution < 1.29 is 4.79 Å². The van der Waals surface area contributed by atoms with Crippen LogP contribution < -0.4 is 5.73 Å². The molecule has 0 saturated heterocycles. The Morgan fingerprint density at radius 3 is 1.64 bits per heavy atom. The molecular formula is C20H37NO. The average Bonchev–Trinajstić information content (AvgIpc) is 2.50. The first-order valence-electron chi connectivity index (χ1n) is 9.40. The Morgan fingerprint density at radius 1 is 0.727 bits per heavy atom. The van der Waals surface area contributed by atoms with Gasteiger partial charge in [-0.3, -0.25) is 4.79 Å². The molecule has 1 amide bonds. The molecule has 0 atom stereocenters. The Balaban J connectivity index is 3.10. The zero-order valence-electron chi connectivity index (χ0n) is 14.7. The highest BCUT2D eigenvalue weighted by molar-refractivity contribution is 5.85. The highest BCUT2D eigenvalue weighted by Gasteiger charge is 1.93. The fraction of sp³-hybridized carbons (Fsp3) is 0.750. The first-order valence-corrected chi connectivity index (χ1v) is 9.40. The van der Waals surface area contributed by atoms with Crippen LogP contribution in [-0.4, -0.2) is 5.91 Å². The van der Waals surface area contributed by atoms with Crippen LogP contribution >= 0.6 is 0 Å². The molecule has 0 aliphatic heterocycles. The van der Waals surface area contributed by atoms with Gasteiger partial charge in [-0.15, -0.1) is 0 Å². The Morgan fingerprint density at radius 2 is 1.18 bits per heavy atom. The molecule has 0 aromatic carbocycles. The van der Waals surface area contributed by atoms with E-state index < -0.39 is 0 Å². The molecule has 0 aliphatic carbocycles. The van der Waals surface area contributed by atoms with Crippen molar-refractivity contribution in [3.63, 3.8) is 0 Å². The Labute approximate surface area is 138 Å². The van der Waals surface area contributed by atoms with Gasteiger partial charge < -0.3 is 5.73 Å². The van der Waals surface area contributed by atoms with Gasteiger partial charge in [-0.05, 0) is 12.8 Å². The van der Waals surface area contributed by atoms with Crippen LogP contribution in [0.5, 0.6) is 0 Å². The maximum absolute atomic E-state index is 10.5. The minimum atomic E-state index is -0.384. The minimum Gasteiger partial charge on any atom is -0.366 e. The number of rotatable bonds is 16. The van der Waals surface area contributed by atoms with Crippen LogP contribution in [0, 0.1) is 0 Å². The maximum Gasteiger partial charge on any atom is 0.241 e. The van der Waals surface area contributed by atoms with Crippen molar-refractivity contribution in [1.82, 2.24) is 0 Å². The van der Waals surface area contributed by atoms with Gasteiger partial charge in [0.2, 0.25) is 5.91 Å². The number of hydrogen-bond acceptors (Lipinski definition) is 1. The van der Waals surface area contributed by atoms with E-state index in [0.29, 0.717) is 0 Å². The number of primary amides is 1. The van der Waals surface area contributed by atoms with E-state index in [9.17, 15) is 4.79 Å². The second kappa shape index (κ2) is 18.0. The molecule has 0 bridgehead atoms. The molecule has 0 aromatic heterocycles. The van der Waals surface area contributed by atoms with Crippen molar-refractivity contribution in [3.05, 3.63) is 24.3 Å². The zero-order valence-corrected chi connectivity index (χ0v) is 14.7. The van der Waals surface area contributed by atoms with Crippen LogP contribution in [-0.2, 0) is 4.79 Å². The quantitative estimate of drug-likeness (QED) is 0.210. The monoisotopic (exact) mass is 307 g/mol. The summed E-state index contributed by atoms with van der Waals surface area (Å²) in [5.41, 5.74) is 5.00. The van der Waals surface area contributed by atoms with Crippen LogP contribution in [0.25, 0.3) is 0 Å². The average molecular weight is 308 g/mol. The molecule has 0 saturated carbocycles. The van der Waals surface area contributed by atoms with Crippen molar-refractivity contribution >= 4 is 5.91 Å². The molecule has 0 aliphatic rings. The van der Waals surface area contributed by atoms with E-state index in [1.54, 1.807) is 6.08 Å². The molecule has 2 heteroatoms. The van der Waals surface area contributed by atoms with Gasteiger partial charge in [0.15, 0.2) is 0 Å². The van der Waals surface area contributed by atoms with Crippen molar-refractivity contribution in [2.45, 2.75) is 96.8 Å². The summed E-state index contributed by atoms with van der Waals surface area (Å²) < 4.78 is 0. The lowest BCUT2D eigenvalue weighted by molar-refractivity contribution is -0.113. The summed E-state index contributed by atoms with van der Waals surface area (Å²) in [6, 6.07) is 0. The normalized spacial score (nSPS) is 11.7. The summed E-state index contributed by atoms with van der Waals surface area (Å²) in [5.74, 6) is -0.384. The first-order chi connectivity index (χ1) is 10.8. The Bertz CT molecular complexity index is 294. The summed E-state index contributed by atoms with van der Waals surface area (Å²) in [6.45, 7) is 2.28. The van der Waals surface area contributed by atoms with Crippen LogP contribution in [0.15, 0.2) is 24.3 Å². The van der Waals surface area contributed by atoms with Gasteiger partial charge in [0.05, 0.1) is 0 Å². The summed E-state index contributed by atoms with van der Waals surface area (Å²) in [6.07, 6.45) is 26.3. The summed E-state index contributed by atoms with van der Waals surface area (Å²) in [7, 11) is 0. The predicted octanol–water partition coefficient (Wildman–Crippen LogP) is 6.07. The number of allylic oxidation sites excluding steroid dienone is 3. The minimum absolute atomic E-state index is 0.384. The van der Waals surface area contributed by atoms with E-state index >= 15 is 0 Å². The molecule has 128 valence electrons. The SMILES string of the molecule is CCCCCCCCCCCCCCC/C=C/C=CC(N)=O. The highest BCUT2D eigenvalue weighted by atomic mass is 16.1. The molecule has 0 unspecified atom stereocenters. The number of carbonyl (C=O) groups is 1. The lowest BCUT2D eigenvalue weighted by atomic mass is 10.0. The number of unbranched alkanes of at least 4 members (excludes halogenated alkanes) is 13. The van der Waals surface area contributed by atoms with E-state index in [1.165, 1.54) is 89.5 Å². The fourth-order valence-corrected chi connectivity index (χ4v) is 2.61. The maximum atomic E-state index is 10.5. The van der Waals surface area contributed by atoms with E-state index in [4.69, 9.17) is 5.73 Å². The molecule has 0 radical (unpaired) electrons. The van der Waals surface area contributed by atoms with Crippen LogP contribution in [0.3, 0.4) is 0 Å². The van der Waals surface area contributed by atoms with Gasteiger partial charge in [-0.1, -0.05) is 102 Å². The largest absolute Gasteiger partial charge is 0.366 e. The van der Waals surface area contributed by atoms with Gasteiger partial charge in [0.25, 0.3) is 0 Å². The molecule has 2 nitrogen and oxygen atoms in total. The standard InChI is InChI=1S/C20H37NO/c1-2-3-4-5-6-7-8-9-10-11-12-13-14-15-16-17-18-19-20(21)22/h16-19H,2-15H2,1H3,(H2,21,22)/b17-16+,19-18?. The van der Waals surface area contributed by atoms with Gasteiger partial charge in [-0.2, -0.15) is 0 Å². The molecule has 0 heterocycles. The van der Waals surface area contributed by atoms with Crippen LogP contribution in [0.1, 0.15) is 96.8 Å². The first kappa shape index (κ1) is 20.9. The molecule has 0 rings (SSSR count). The topological polar surface area (TPSA) is 43.1 Å². The Kier molecular flexibility index (Phi) is 17.1. The third-order valence-corrected chi connectivity index (χ3v) is 3.98. The van der Waals surface area contributed by atoms with Crippen LogP contribution in [0.4, 0.5) is 0 Å². The van der Waals surface area contributed by atoms with Crippen molar-refractivity contribution in [2.24, 2.45) is 5.73 Å². The predicted molar refractivity (Wildman–Crippen MR) is 97.8 cm³/mol. The number of hydrogen-bond donors (Lipinski definition) is 1. The van der Waals surface area contributed by atoms with Crippen LogP contribution in [0.2, 0.25) is 0 Å².